The summed E-state index contributed by atoms with van der Waals surface area (Å²) < 4.78 is 5.73. The van der Waals surface area contributed by atoms with Gasteiger partial charge < -0.3 is 15.4 Å². The summed E-state index contributed by atoms with van der Waals surface area (Å²) in [6.45, 7) is 4.66. The molecular weight excluding hydrogens is 284 g/mol. The third kappa shape index (κ3) is 3.82. The molecule has 4 heteroatoms. The molecule has 3 nitrogen and oxygen atoms in total. The van der Waals surface area contributed by atoms with Crippen LogP contribution in [0.3, 0.4) is 0 Å². The number of nitrogens with zero attached hydrogens (tertiary/aromatic N) is 1. The molecule has 0 radical (unpaired) electrons. The minimum atomic E-state index is 0.0939. The van der Waals surface area contributed by atoms with E-state index in [9.17, 15) is 0 Å². The monoisotopic (exact) mass is 304 g/mol. The molecule has 0 spiro atoms. The third-order valence-corrected chi connectivity index (χ3v) is 3.55. The Balaban J connectivity index is 2.23. The predicted octanol–water partition coefficient (Wildman–Crippen LogP) is 4.35. The van der Waals surface area contributed by atoms with Crippen LogP contribution in [-0.2, 0) is 6.54 Å². The molecule has 0 aliphatic heterocycles. The van der Waals surface area contributed by atoms with Crippen molar-refractivity contribution < 1.29 is 4.74 Å². The molecule has 0 unspecified atom stereocenters. The van der Waals surface area contributed by atoms with E-state index in [-0.39, 0.29) is 6.10 Å². The van der Waals surface area contributed by atoms with Crippen LogP contribution in [-0.4, -0.2) is 13.2 Å². The minimum Gasteiger partial charge on any atom is -0.489 e. The molecule has 2 aromatic rings. The molecule has 0 aliphatic carbocycles. The second-order valence-electron chi connectivity index (χ2n) is 5.30. The average Bonchev–Trinajstić information content (AvgIpc) is 2.43. The van der Waals surface area contributed by atoms with Crippen LogP contribution < -0.4 is 15.4 Å². The van der Waals surface area contributed by atoms with Gasteiger partial charge in [0.25, 0.3) is 0 Å². The Labute approximate surface area is 131 Å². The number of nitrogens with two attached hydrogens (primary N) is 1. The molecule has 0 atom stereocenters. The summed E-state index contributed by atoms with van der Waals surface area (Å²) in [6.07, 6.45) is 0.0939. The van der Waals surface area contributed by atoms with E-state index in [4.69, 9.17) is 22.1 Å². The number of hydrogen-bond acceptors (Lipinski definition) is 3. The first kappa shape index (κ1) is 15.5. The van der Waals surface area contributed by atoms with Crippen molar-refractivity contribution in [3.8, 4) is 5.75 Å². The summed E-state index contributed by atoms with van der Waals surface area (Å²) in [6, 6.07) is 13.7. The van der Waals surface area contributed by atoms with Crippen molar-refractivity contribution in [2.24, 2.45) is 0 Å². The smallest absolute Gasteiger partial charge is 0.144 e. The zero-order chi connectivity index (χ0) is 15.4. The van der Waals surface area contributed by atoms with Crippen LogP contribution >= 0.6 is 11.6 Å². The Morgan fingerprint density at radius 2 is 1.86 bits per heavy atom. The minimum absolute atomic E-state index is 0.0939. The lowest BCUT2D eigenvalue weighted by molar-refractivity contribution is 0.244. The zero-order valence-corrected chi connectivity index (χ0v) is 13.4. The van der Waals surface area contributed by atoms with Crippen molar-refractivity contribution in [3.05, 3.63) is 53.1 Å². The molecule has 2 N–H and O–H groups in total. The molecule has 0 saturated carbocycles. The van der Waals surface area contributed by atoms with Gasteiger partial charge in [0.2, 0.25) is 0 Å². The van der Waals surface area contributed by atoms with E-state index < -0.39 is 0 Å². The highest BCUT2D eigenvalue weighted by atomic mass is 35.5. The Kier molecular flexibility index (Phi) is 4.97. The predicted molar refractivity (Wildman–Crippen MR) is 90.2 cm³/mol. The molecule has 2 aromatic carbocycles. The lowest BCUT2D eigenvalue weighted by atomic mass is 10.2. The van der Waals surface area contributed by atoms with Crippen molar-refractivity contribution in [2.45, 2.75) is 26.5 Å². The summed E-state index contributed by atoms with van der Waals surface area (Å²) >= 11 is 6.21. The second-order valence-corrected chi connectivity index (χ2v) is 5.71. The van der Waals surface area contributed by atoms with Crippen molar-refractivity contribution in [1.29, 1.82) is 0 Å². The molecule has 0 fully saturated rings. The Hall–Kier alpha value is -1.87. The fourth-order valence-electron chi connectivity index (χ4n) is 2.19. The van der Waals surface area contributed by atoms with Crippen LogP contribution in [0.4, 0.5) is 11.4 Å². The third-order valence-electron chi connectivity index (χ3n) is 3.18. The van der Waals surface area contributed by atoms with E-state index >= 15 is 0 Å². The Morgan fingerprint density at radius 3 is 2.52 bits per heavy atom. The maximum absolute atomic E-state index is 6.22. The number of hydrogen-bond donors (Lipinski definition) is 1. The van der Waals surface area contributed by atoms with E-state index in [2.05, 4.69) is 4.90 Å². The van der Waals surface area contributed by atoms with E-state index in [0.29, 0.717) is 18.0 Å². The zero-order valence-electron chi connectivity index (χ0n) is 12.6. The first-order valence-corrected chi connectivity index (χ1v) is 7.36. The SMILES string of the molecule is CC(C)Oc1cccc(N(C)Cc2ccccc2Cl)c1N. The van der Waals surface area contributed by atoms with E-state index in [1.165, 1.54) is 0 Å². The van der Waals surface area contributed by atoms with Crippen LogP contribution in [0.5, 0.6) is 5.75 Å². The number of nitrogen functional groups attached to an aromatic ring is 1. The van der Waals surface area contributed by atoms with Gasteiger partial charge in [0.05, 0.1) is 17.5 Å². The van der Waals surface area contributed by atoms with Gasteiger partial charge in [-0.3, -0.25) is 0 Å². The summed E-state index contributed by atoms with van der Waals surface area (Å²) in [5, 5.41) is 0.762. The summed E-state index contributed by atoms with van der Waals surface area (Å²) in [5.41, 5.74) is 8.88. The Morgan fingerprint density at radius 1 is 1.14 bits per heavy atom. The molecule has 112 valence electrons. The topological polar surface area (TPSA) is 38.5 Å². The lowest BCUT2D eigenvalue weighted by Crippen LogP contribution is -2.19. The normalized spacial score (nSPS) is 10.7. The van der Waals surface area contributed by atoms with Crippen molar-refractivity contribution >= 4 is 23.0 Å². The van der Waals surface area contributed by atoms with E-state index in [0.717, 1.165) is 16.3 Å². The highest BCUT2D eigenvalue weighted by molar-refractivity contribution is 6.31. The van der Waals surface area contributed by atoms with Gasteiger partial charge in [-0.1, -0.05) is 35.9 Å². The van der Waals surface area contributed by atoms with Crippen LogP contribution in [0.2, 0.25) is 5.02 Å². The van der Waals surface area contributed by atoms with Gasteiger partial charge >= 0.3 is 0 Å². The molecule has 0 saturated heterocycles. The number of rotatable bonds is 5. The fourth-order valence-corrected chi connectivity index (χ4v) is 2.38. The van der Waals surface area contributed by atoms with Gasteiger partial charge in [-0.2, -0.15) is 0 Å². The van der Waals surface area contributed by atoms with Crippen molar-refractivity contribution in [3.63, 3.8) is 0 Å². The van der Waals surface area contributed by atoms with Gasteiger partial charge in [0.1, 0.15) is 5.75 Å². The van der Waals surface area contributed by atoms with Gasteiger partial charge in [-0.05, 0) is 37.6 Å². The second kappa shape index (κ2) is 6.72. The summed E-state index contributed by atoms with van der Waals surface area (Å²) in [5.74, 6) is 0.716. The van der Waals surface area contributed by atoms with E-state index in [1.807, 2.05) is 63.4 Å². The molecule has 0 heterocycles. The van der Waals surface area contributed by atoms with Gasteiger partial charge in [0, 0.05) is 18.6 Å². The van der Waals surface area contributed by atoms with Crippen LogP contribution in [0.15, 0.2) is 42.5 Å². The lowest BCUT2D eigenvalue weighted by Gasteiger charge is -2.23. The number of para-hydroxylation sites is 1. The fraction of sp³-hybridized carbons (Fsp3) is 0.294. The molecular formula is C17H21ClN2O. The number of ether oxygens (including phenoxy) is 1. The average molecular weight is 305 g/mol. The standard InChI is InChI=1S/C17H21ClN2O/c1-12(2)21-16-10-6-9-15(17(16)19)20(3)11-13-7-4-5-8-14(13)18/h4-10,12H,11,19H2,1-3H3. The first-order valence-electron chi connectivity index (χ1n) is 6.98. The highest BCUT2D eigenvalue weighted by Crippen LogP contribution is 2.33. The Bertz CT molecular complexity index is 613. The maximum atomic E-state index is 6.22. The number of anilines is 2. The number of benzene rings is 2. The maximum Gasteiger partial charge on any atom is 0.144 e. The molecule has 0 aromatic heterocycles. The highest BCUT2D eigenvalue weighted by Gasteiger charge is 2.12. The summed E-state index contributed by atoms with van der Waals surface area (Å²) in [7, 11) is 1.99. The molecule has 0 amide bonds. The van der Waals surface area contributed by atoms with Gasteiger partial charge in [-0.15, -0.1) is 0 Å². The quantitative estimate of drug-likeness (QED) is 0.835. The molecule has 21 heavy (non-hydrogen) atoms. The van der Waals surface area contributed by atoms with Crippen molar-refractivity contribution in [2.75, 3.05) is 17.7 Å². The van der Waals surface area contributed by atoms with Gasteiger partial charge in [0.15, 0.2) is 0 Å². The molecule has 0 aliphatic rings. The summed E-state index contributed by atoms with van der Waals surface area (Å²) in [4.78, 5) is 2.07. The molecule has 0 bridgehead atoms. The van der Waals surface area contributed by atoms with Crippen LogP contribution in [0, 0.1) is 0 Å². The van der Waals surface area contributed by atoms with Crippen LogP contribution in [0.1, 0.15) is 19.4 Å². The van der Waals surface area contributed by atoms with Crippen LogP contribution in [0.25, 0.3) is 0 Å². The first-order chi connectivity index (χ1) is 9.99. The van der Waals surface area contributed by atoms with E-state index in [1.54, 1.807) is 0 Å². The molecule has 2 rings (SSSR count). The van der Waals surface area contributed by atoms with Crippen molar-refractivity contribution in [1.82, 2.24) is 0 Å². The largest absolute Gasteiger partial charge is 0.489 e. The number of halogens is 1. The van der Waals surface area contributed by atoms with Gasteiger partial charge in [-0.25, -0.2) is 0 Å².